The molecule has 31 heavy (non-hydrogen) atoms. The molecule has 0 spiro atoms. The second-order valence-electron chi connectivity index (χ2n) is 7.51. The maximum absolute atomic E-state index is 12.8. The van der Waals surface area contributed by atoms with Crippen LogP contribution in [0.4, 0.5) is 0 Å². The van der Waals surface area contributed by atoms with Gasteiger partial charge in [0.1, 0.15) is 23.0 Å². The Labute approximate surface area is 181 Å². The summed E-state index contributed by atoms with van der Waals surface area (Å²) in [6, 6.07) is 12.4. The van der Waals surface area contributed by atoms with Gasteiger partial charge in [-0.25, -0.2) is 0 Å². The lowest BCUT2D eigenvalue weighted by atomic mass is 10.3. The first-order valence-corrected chi connectivity index (χ1v) is 10.3. The Morgan fingerprint density at radius 1 is 0.710 bits per heavy atom. The van der Waals surface area contributed by atoms with Crippen molar-refractivity contribution in [3.63, 3.8) is 0 Å². The van der Waals surface area contributed by atoms with Crippen molar-refractivity contribution in [2.24, 2.45) is 0 Å². The number of hydrogen-bond donors (Lipinski definition) is 2. The molecule has 0 aromatic heterocycles. The lowest BCUT2D eigenvalue weighted by molar-refractivity contribution is -0.140. The summed E-state index contributed by atoms with van der Waals surface area (Å²) in [7, 11) is 0. The highest BCUT2D eigenvalue weighted by molar-refractivity contribution is 5.82. The molecule has 0 aliphatic carbocycles. The summed E-state index contributed by atoms with van der Waals surface area (Å²) in [5.74, 6) is 0.988. The fourth-order valence-corrected chi connectivity index (χ4v) is 3.43. The lowest BCUT2D eigenvalue weighted by Gasteiger charge is -2.26. The third-order valence-corrected chi connectivity index (χ3v) is 5.11. The topological polar surface area (TPSA) is 99.5 Å². The summed E-state index contributed by atoms with van der Waals surface area (Å²) < 4.78 is 11.4. The average Bonchev–Trinajstić information content (AvgIpc) is 3.02. The molecule has 2 aromatic carbocycles. The molecule has 1 aliphatic rings. The Bertz CT molecular complexity index is 810. The fraction of sp³-hybridized carbons (Fsp3) is 0.391. The first kappa shape index (κ1) is 22.3. The summed E-state index contributed by atoms with van der Waals surface area (Å²) in [4.78, 5) is 29.0. The summed E-state index contributed by atoms with van der Waals surface area (Å²) in [5, 5.41) is 18.7. The van der Waals surface area contributed by atoms with E-state index in [0.717, 1.165) is 0 Å². The standard InChI is InChI=1S/C23H28N2O6/c1-16(30-20-8-4-18(26)5-9-20)22(28)24-12-3-13-25(15-14-24)23(29)17(2)31-21-10-6-19(27)7-11-21/h4-11,16-17,26-27H,3,12-15H2,1-2H3. The molecule has 166 valence electrons. The third kappa shape index (κ3) is 6.04. The van der Waals surface area contributed by atoms with Gasteiger partial charge in [-0.1, -0.05) is 0 Å². The monoisotopic (exact) mass is 428 g/mol. The Kier molecular flexibility index (Phi) is 7.23. The minimum absolute atomic E-state index is 0.132. The van der Waals surface area contributed by atoms with Crippen molar-refractivity contribution in [2.45, 2.75) is 32.5 Å². The van der Waals surface area contributed by atoms with E-state index in [0.29, 0.717) is 44.1 Å². The normalized spacial score (nSPS) is 16.2. The van der Waals surface area contributed by atoms with Crippen molar-refractivity contribution >= 4 is 11.8 Å². The Hall–Kier alpha value is -3.42. The Morgan fingerprint density at radius 3 is 1.42 bits per heavy atom. The molecule has 2 atom stereocenters. The third-order valence-electron chi connectivity index (χ3n) is 5.11. The van der Waals surface area contributed by atoms with Crippen LogP contribution in [0.3, 0.4) is 0 Å². The highest BCUT2D eigenvalue weighted by Gasteiger charge is 2.28. The zero-order valence-corrected chi connectivity index (χ0v) is 17.7. The number of aromatic hydroxyl groups is 2. The van der Waals surface area contributed by atoms with Gasteiger partial charge in [-0.05, 0) is 68.8 Å². The number of rotatable bonds is 6. The molecular weight excluding hydrogens is 400 g/mol. The smallest absolute Gasteiger partial charge is 0.263 e. The lowest BCUT2D eigenvalue weighted by Crippen LogP contribution is -2.45. The summed E-state index contributed by atoms with van der Waals surface area (Å²) in [6.07, 6.45) is -0.692. The van der Waals surface area contributed by atoms with Gasteiger partial charge in [0.05, 0.1) is 0 Å². The van der Waals surface area contributed by atoms with Crippen molar-refractivity contribution in [1.29, 1.82) is 0 Å². The van der Waals surface area contributed by atoms with E-state index in [4.69, 9.17) is 9.47 Å². The zero-order chi connectivity index (χ0) is 22.4. The Balaban J connectivity index is 1.52. The number of carbonyl (C=O) groups is 2. The van der Waals surface area contributed by atoms with Crippen LogP contribution in [0.25, 0.3) is 0 Å². The van der Waals surface area contributed by atoms with E-state index < -0.39 is 12.2 Å². The molecule has 1 fully saturated rings. The molecule has 0 bridgehead atoms. The maximum atomic E-state index is 12.8. The average molecular weight is 428 g/mol. The quantitative estimate of drug-likeness (QED) is 0.733. The highest BCUT2D eigenvalue weighted by Crippen LogP contribution is 2.19. The van der Waals surface area contributed by atoms with Gasteiger partial charge in [0, 0.05) is 26.2 Å². The maximum Gasteiger partial charge on any atom is 0.263 e. The van der Waals surface area contributed by atoms with Crippen LogP contribution in [0.1, 0.15) is 20.3 Å². The van der Waals surface area contributed by atoms with Crippen LogP contribution in [0.5, 0.6) is 23.0 Å². The molecular formula is C23H28N2O6. The minimum atomic E-state index is -0.677. The molecule has 1 saturated heterocycles. The van der Waals surface area contributed by atoms with Crippen LogP contribution >= 0.6 is 0 Å². The number of carbonyl (C=O) groups excluding carboxylic acids is 2. The van der Waals surface area contributed by atoms with Gasteiger partial charge in [-0.2, -0.15) is 0 Å². The number of phenols is 2. The molecule has 8 heteroatoms. The van der Waals surface area contributed by atoms with E-state index in [1.807, 2.05) is 0 Å². The predicted octanol–water partition coefficient (Wildman–Crippen LogP) is 2.39. The molecule has 2 N–H and O–H groups in total. The summed E-state index contributed by atoms with van der Waals surface area (Å²) in [5.41, 5.74) is 0. The molecule has 3 rings (SSSR count). The van der Waals surface area contributed by atoms with Crippen molar-refractivity contribution in [2.75, 3.05) is 26.2 Å². The largest absolute Gasteiger partial charge is 0.508 e. The van der Waals surface area contributed by atoms with Crippen molar-refractivity contribution in [3.8, 4) is 23.0 Å². The zero-order valence-electron chi connectivity index (χ0n) is 17.7. The number of ether oxygens (including phenoxy) is 2. The minimum Gasteiger partial charge on any atom is -0.508 e. The first-order valence-electron chi connectivity index (χ1n) is 10.3. The molecule has 0 radical (unpaired) electrons. The van der Waals surface area contributed by atoms with Gasteiger partial charge in [0.25, 0.3) is 11.8 Å². The van der Waals surface area contributed by atoms with E-state index in [-0.39, 0.29) is 23.3 Å². The van der Waals surface area contributed by atoms with Crippen molar-refractivity contribution < 1.29 is 29.3 Å². The number of hydrogen-bond acceptors (Lipinski definition) is 6. The van der Waals surface area contributed by atoms with Gasteiger partial charge >= 0.3 is 0 Å². The van der Waals surface area contributed by atoms with Crippen LogP contribution in [0.2, 0.25) is 0 Å². The second kappa shape index (κ2) is 10.1. The highest BCUT2D eigenvalue weighted by atomic mass is 16.5. The molecule has 1 heterocycles. The van der Waals surface area contributed by atoms with Gasteiger partial charge < -0.3 is 29.5 Å². The predicted molar refractivity (Wildman–Crippen MR) is 114 cm³/mol. The summed E-state index contributed by atoms with van der Waals surface area (Å²) >= 11 is 0. The van der Waals surface area contributed by atoms with E-state index in [9.17, 15) is 19.8 Å². The van der Waals surface area contributed by atoms with E-state index in [1.54, 1.807) is 47.9 Å². The van der Waals surface area contributed by atoms with Crippen LogP contribution in [0.15, 0.2) is 48.5 Å². The van der Waals surface area contributed by atoms with E-state index in [2.05, 4.69) is 0 Å². The molecule has 2 aromatic rings. The molecule has 2 amide bonds. The second-order valence-corrected chi connectivity index (χ2v) is 7.51. The number of amides is 2. The van der Waals surface area contributed by atoms with E-state index >= 15 is 0 Å². The van der Waals surface area contributed by atoms with Crippen molar-refractivity contribution in [3.05, 3.63) is 48.5 Å². The van der Waals surface area contributed by atoms with Gasteiger partial charge in [0.15, 0.2) is 12.2 Å². The number of phenolic OH excluding ortho intramolecular Hbond substituents is 2. The summed E-state index contributed by atoms with van der Waals surface area (Å²) in [6.45, 7) is 5.30. The van der Waals surface area contributed by atoms with Gasteiger partial charge in [0.2, 0.25) is 0 Å². The molecule has 1 aliphatic heterocycles. The van der Waals surface area contributed by atoms with Crippen molar-refractivity contribution in [1.82, 2.24) is 9.80 Å². The SMILES string of the molecule is CC(Oc1ccc(O)cc1)C(=O)N1CCCN(C(=O)C(C)Oc2ccc(O)cc2)CC1. The fourth-order valence-electron chi connectivity index (χ4n) is 3.43. The van der Waals surface area contributed by atoms with Crippen LogP contribution in [-0.2, 0) is 9.59 Å². The molecule has 0 saturated carbocycles. The van der Waals surface area contributed by atoms with E-state index in [1.165, 1.54) is 24.3 Å². The first-order chi connectivity index (χ1) is 14.8. The van der Waals surface area contributed by atoms with Crippen LogP contribution in [-0.4, -0.2) is 70.2 Å². The Morgan fingerprint density at radius 2 is 1.06 bits per heavy atom. The van der Waals surface area contributed by atoms with Crippen LogP contribution in [0, 0.1) is 0 Å². The van der Waals surface area contributed by atoms with Gasteiger partial charge in [-0.15, -0.1) is 0 Å². The molecule has 2 unspecified atom stereocenters. The van der Waals surface area contributed by atoms with Crippen LogP contribution < -0.4 is 9.47 Å². The number of nitrogens with zero attached hydrogens (tertiary/aromatic N) is 2. The number of benzene rings is 2. The van der Waals surface area contributed by atoms with Gasteiger partial charge in [-0.3, -0.25) is 9.59 Å². The molecule has 8 nitrogen and oxygen atoms in total.